The van der Waals surface area contributed by atoms with Crippen molar-refractivity contribution in [1.82, 2.24) is 4.57 Å². The normalized spacial score (nSPS) is 11.4. The number of anilines is 1. The van der Waals surface area contributed by atoms with Crippen molar-refractivity contribution in [1.29, 1.82) is 0 Å². The summed E-state index contributed by atoms with van der Waals surface area (Å²) in [5, 5.41) is 1.10. The number of hydrogen-bond acceptors (Lipinski definition) is 2. The van der Waals surface area contributed by atoms with Crippen molar-refractivity contribution in [2.24, 2.45) is 5.92 Å². The summed E-state index contributed by atoms with van der Waals surface area (Å²) in [5.41, 5.74) is 8.66. The number of fused-ring (bicyclic) bond motifs is 1. The van der Waals surface area contributed by atoms with E-state index in [0.717, 1.165) is 23.5 Å². The standard InChI is InChI=1S/C19H21Cl2N3O/c1-13(2)12-24-17-6-4-3-5-16(17)23(19(24)22)9-10-25-18-8-7-14(20)11-15(18)21/h3-8,11,13,22H,9-10,12H2,1-2H3/p+1. The SMILES string of the molecule is CC(C)C[n+]1c(N)n(CCOc2ccc(Cl)cc2Cl)c2ccccc21. The molecule has 1 heterocycles. The number of benzene rings is 2. The molecule has 132 valence electrons. The Kier molecular flexibility index (Phi) is 5.40. The van der Waals surface area contributed by atoms with Gasteiger partial charge in [0.15, 0.2) is 0 Å². The van der Waals surface area contributed by atoms with Gasteiger partial charge in [0.2, 0.25) is 0 Å². The van der Waals surface area contributed by atoms with Gasteiger partial charge in [-0.2, -0.15) is 0 Å². The van der Waals surface area contributed by atoms with E-state index in [1.54, 1.807) is 18.2 Å². The van der Waals surface area contributed by atoms with E-state index in [1.807, 2.05) is 12.1 Å². The second kappa shape index (κ2) is 7.54. The molecule has 0 amide bonds. The minimum atomic E-state index is 0.464. The van der Waals surface area contributed by atoms with Crippen LogP contribution < -0.4 is 15.0 Å². The lowest BCUT2D eigenvalue weighted by molar-refractivity contribution is -0.663. The summed E-state index contributed by atoms with van der Waals surface area (Å²) in [6.45, 7) is 6.35. The quantitative estimate of drug-likeness (QED) is 0.639. The summed E-state index contributed by atoms with van der Waals surface area (Å²) < 4.78 is 10.1. The van der Waals surface area contributed by atoms with Crippen molar-refractivity contribution < 1.29 is 9.30 Å². The van der Waals surface area contributed by atoms with E-state index in [1.165, 1.54) is 0 Å². The number of rotatable bonds is 6. The lowest BCUT2D eigenvalue weighted by atomic mass is 10.2. The summed E-state index contributed by atoms with van der Waals surface area (Å²) in [4.78, 5) is 0. The number of hydrogen-bond donors (Lipinski definition) is 1. The number of para-hydroxylation sites is 2. The van der Waals surface area contributed by atoms with E-state index in [2.05, 4.69) is 35.1 Å². The highest BCUT2D eigenvalue weighted by molar-refractivity contribution is 6.35. The van der Waals surface area contributed by atoms with Crippen molar-refractivity contribution in [3.05, 3.63) is 52.5 Å². The fourth-order valence-corrected chi connectivity index (χ4v) is 3.41. The second-order valence-corrected chi connectivity index (χ2v) is 7.27. The van der Waals surface area contributed by atoms with E-state index in [-0.39, 0.29) is 0 Å². The second-order valence-electron chi connectivity index (χ2n) is 6.43. The Morgan fingerprint density at radius 2 is 1.92 bits per heavy atom. The zero-order valence-corrected chi connectivity index (χ0v) is 15.9. The maximum Gasteiger partial charge on any atom is 0.356 e. The van der Waals surface area contributed by atoms with Gasteiger partial charge in [-0.25, -0.2) is 9.13 Å². The van der Waals surface area contributed by atoms with Gasteiger partial charge in [-0.05, 0) is 36.2 Å². The summed E-state index contributed by atoms with van der Waals surface area (Å²) in [5.74, 6) is 1.87. The van der Waals surface area contributed by atoms with Crippen molar-refractivity contribution in [2.45, 2.75) is 26.9 Å². The minimum absolute atomic E-state index is 0.464. The van der Waals surface area contributed by atoms with Crippen LogP contribution >= 0.6 is 23.2 Å². The third-order valence-electron chi connectivity index (χ3n) is 4.03. The van der Waals surface area contributed by atoms with E-state index in [0.29, 0.717) is 34.9 Å². The molecule has 25 heavy (non-hydrogen) atoms. The monoisotopic (exact) mass is 378 g/mol. The molecule has 0 aliphatic carbocycles. The van der Waals surface area contributed by atoms with Crippen LogP contribution in [0.15, 0.2) is 42.5 Å². The molecule has 1 aromatic heterocycles. The number of halogens is 2. The van der Waals surface area contributed by atoms with E-state index < -0.39 is 0 Å². The van der Waals surface area contributed by atoms with Crippen LogP contribution in [-0.4, -0.2) is 11.2 Å². The molecule has 3 aromatic rings. The van der Waals surface area contributed by atoms with Crippen molar-refractivity contribution >= 4 is 40.2 Å². The predicted octanol–water partition coefficient (Wildman–Crippen LogP) is 4.55. The average molecular weight is 379 g/mol. The van der Waals surface area contributed by atoms with Gasteiger partial charge < -0.3 is 4.74 Å². The van der Waals surface area contributed by atoms with Crippen LogP contribution in [0.4, 0.5) is 5.95 Å². The average Bonchev–Trinajstić information content (AvgIpc) is 2.82. The summed E-state index contributed by atoms with van der Waals surface area (Å²) in [6, 6.07) is 13.5. The first-order chi connectivity index (χ1) is 12.0. The molecule has 0 saturated heterocycles. The third-order valence-corrected chi connectivity index (χ3v) is 4.56. The zero-order valence-electron chi connectivity index (χ0n) is 14.4. The molecule has 0 saturated carbocycles. The topological polar surface area (TPSA) is 44.1 Å². The van der Waals surface area contributed by atoms with Crippen LogP contribution in [0.3, 0.4) is 0 Å². The van der Waals surface area contributed by atoms with Crippen LogP contribution in [0.2, 0.25) is 10.0 Å². The Morgan fingerprint density at radius 1 is 1.16 bits per heavy atom. The lowest BCUT2D eigenvalue weighted by Gasteiger charge is -2.08. The number of nitrogens with two attached hydrogens (primary N) is 1. The molecular weight excluding hydrogens is 357 g/mol. The minimum Gasteiger partial charge on any atom is -0.489 e. The van der Waals surface area contributed by atoms with Gasteiger partial charge in [-0.1, -0.05) is 49.2 Å². The zero-order chi connectivity index (χ0) is 18.0. The van der Waals surface area contributed by atoms with E-state index in [4.69, 9.17) is 33.7 Å². The third kappa shape index (κ3) is 3.86. The molecule has 0 bridgehead atoms. The molecule has 6 heteroatoms. The smallest absolute Gasteiger partial charge is 0.356 e. The molecule has 0 fully saturated rings. The number of imidazole rings is 1. The van der Waals surface area contributed by atoms with Gasteiger partial charge in [-0.15, -0.1) is 0 Å². The van der Waals surface area contributed by atoms with Gasteiger partial charge in [0, 0.05) is 5.02 Å². The van der Waals surface area contributed by atoms with Crippen LogP contribution in [-0.2, 0) is 13.1 Å². The molecule has 0 spiro atoms. The van der Waals surface area contributed by atoms with Gasteiger partial charge in [0.1, 0.15) is 29.9 Å². The maximum atomic E-state index is 6.42. The van der Waals surface area contributed by atoms with Crippen LogP contribution in [0.1, 0.15) is 13.8 Å². The van der Waals surface area contributed by atoms with Crippen molar-refractivity contribution in [3.63, 3.8) is 0 Å². The molecule has 0 aliphatic rings. The molecule has 3 rings (SSSR count). The first kappa shape index (κ1) is 17.9. The van der Waals surface area contributed by atoms with Gasteiger partial charge in [0.25, 0.3) is 0 Å². The van der Waals surface area contributed by atoms with Gasteiger partial charge in [0.05, 0.1) is 11.6 Å². The highest BCUT2D eigenvalue weighted by Crippen LogP contribution is 2.27. The van der Waals surface area contributed by atoms with Crippen molar-refractivity contribution in [3.8, 4) is 5.75 Å². The summed E-state index contributed by atoms with van der Waals surface area (Å²) >= 11 is 12.1. The Labute approximate surface area is 157 Å². The van der Waals surface area contributed by atoms with Crippen LogP contribution in [0, 0.1) is 5.92 Å². The number of nitrogen functional groups attached to an aromatic ring is 1. The fraction of sp³-hybridized carbons (Fsp3) is 0.316. The molecule has 0 atom stereocenters. The lowest BCUT2D eigenvalue weighted by Crippen LogP contribution is -2.39. The van der Waals surface area contributed by atoms with Crippen LogP contribution in [0.5, 0.6) is 5.75 Å². The molecular formula is C19H22Cl2N3O+. The van der Waals surface area contributed by atoms with Crippen LogP contribution in [0.25, 0.3) is 11.0 Å². The molecule has 4 nitrogen and oxygen atoms in total. The molecule has 0 aliphatic heterocycles. The number of aromatic nitrogens is 2. The fourth-order valence-electron chi connectivity index (χ4n) is 2.94. The van der Waals surface area contributed by atoms with Gasteiger partial charge in [-0.3, -0.25) is 5.73 Å². The Morgan fingerprint density at radius 3 is 2.64 bits per heavy atom. The van der Waals surface area contributed by atoms with Crippen molar-refractivity contribution in [2.75, 3.05) is 12.3 Å². The Bertz CT molecular complexity index is 890. The number of nitrogens with zero attached hydrogens (tertiary/aromatic N) is 2. The van der Waals surface area contributed by atoms with E-state index in [9.17, 15) is 0 Å². The highest BCUT2D eigenvalue weighted by Gasteiger charge is 2.21. The van der Waals surface area contributed by atoms with Gasteiger partial charge >= 0.3 is 5.95 Å². The summed E-state index contributed by atoms with van der Waals surface area (Å²) in [6.07, 6.45) is 0. The Balaban J connectivity index is 1.82. The Hall–Kier alpha value is -1.91. The molecule has 0 unspecified atom stereocenters. The summed E-state index contributed by atoms with van der Waals surface area (Å²) in [7, 11) is 0. The maximum absolute atomic E-state index is 6.42. The highest BCUT2D eigenvalue weighted by atomic mass is 35.5. The molecule has 0 radical (unpaired) electrons. The number of ether oxygens (including phenoxy) is 1. The molecule has 2 aromatic carbocycles. The first-order valence-corrected chi connectivity index (χ1v) is 9.07. The van der Waals surface area contributed by atoms with E-state index >= 15 is 0 Å². The largest absolute Gasteiger partial charge is 0.489 e. The first-order valence-electron chi connectivity index (χ1n) is 8.31. The molecule has 2 N–H and O–H groups in total. The predicted molar refractivity (Wildman–Crippen MR) is 103 cm³/mol.